The molecular weight excluding hydrogens is 284 g/mol. The van der Waals surface area contributed by atoms with Crippen LogP contribution < -0.4 is 5.32 Å². The lowest BCUT2D eigenvalue weighted by atomic mass is 10.2. The summed E-state index contributed by atoms with van der Waals surface area (Å²) >= 11 is 0. The molecule has 1 aromatic heterocycles. The van der Waals surface area contributed by atoms with Gasteiger partial charge in [-0.25, -0.2) is 0 Å². The van der Waals surface area contributed by atoms with Gasteiger partial charge in [0.25, 0.3) is 5.69 Å². The zero-order valence-electron chi connectivity index (χ0n) is 12.5. The number of aromatic nitrogens is 2. The summed E-state index contributed by atoms with van der Waals surface area (Å²) in [6, 6.07) is 6.08. The lowest BCUT2D eigenvalue weighted by Crippen LogP contribution is -2.09. The van der Waals surface area contributed by atoms with Crippen LogP contribution in [0.25, 0.3) is 6.08 Å². The average Bonchev–Trinajstić information content (AvgIpc) is 2.72. The lowest BCUT2D eigenvalue weighted by Gasteiger charge is -2.02. The summed E-state index contributed by atoms with van der Waals surface area (Å²) < 4.78 is 1.69. The summed E-state index contributed by atoms with van der Waals surface area (Å²) in [5.41, 5.74) is 2.84. The van der Waals surface area contributed by atoms with Gasteiger partial charge in [0.15, 0.2) is 0 Å². The van der Waals surface area contributed by atoms with Crippen LogP contribution in [0.15, 0.2) is 30.3 Å². The summed E-state index contributed by atoms with van der Waals surface area (Å²) in [5.74, 6) is -0.314. The molecule has 7 heteroatoms. The van der Waals surface area contributed by atoms with Crippen LogP contribution in [0.3, 0.4) is 0 Å². The molecule has 2 rings (SSSR count). The first kappa shape index (κ1) is 15.4. The van der Waals surface area contributed by atoms with Gasteiger partial charge >= 0.3 is 0 Å². The van der Waals surface area contributed by atoms with Gasteiger partial charge in [0, 0.05) is 25.3 Å². The van der Waals surface area contributed by atoms with E-state index in [2.05, 4.69) is 10.4 Å². The van der Waals surface area contributed by atoms with Gasteiger partial charge in [0.2, 0.25) is 5.91 Å². The van der Waals surface area contributed by atoms with E-state index in [0.29, 0.717) is 11.3 Å². The fourth-order valence-electron chi connectivity index (χ4n) is 2.03. The zero-order valence-corrected chi connectivity index (χ0v) is 12.5. The third kappa shape index (κ3) is 3.38. The molecule has 22 heavy (non-hydrogen) atoms. The van der Waals surface area contributed by atoms with Gasteiger partial charge in [-0.15, -0.1) is 0 Å². The van der Waals surface area contributed by atoms with E-state index in [9.17, 15) is 14.9 Å². The Hall–Kier alpha value is -2.96. The monoisotopic (exact) mass is 300 g/mol. The number of nitrogens with zero attached hydrogens (tertiary/aromatic N) is 3. The Morgan fingerprint density at radius 1 is 1.41 bits per heavy atom. The van der Waals surface area contributed by atoms with Crippen LogP contribution in [0.4, 0.5) is 11.4 Å². The number of benzene rings is 1. The van der Waals surface area contributed by atoms with Crippen molar-refractivity contribution in [2.75, 3.05) is 5.32 Å². The van der Waals surface area contributed by atoms with E-state index in [1.807, 2.05) is 13.8 Å². The minimum Gasteiger partial charge on any atom is -0.319 e. The van der Waals surface area contributed by atoms with E-state index < -0.39 is 4.92 Å². The molecule has 1 aromatic carbocycles. The molecule has 7 nitrogen and oxygen atoms in total. The number of nitro groups is 1. The Bertz CT molecular complexity index is 762. The highest BCUT2D eigenvalue weighted by Crippen LogP contribution is 2.18. The molecule has 0 saturated heterocycles. The van der Waals surface area contributed by atoms with Gasteiger partial charge in [0.1, 0.15) is 0 Å². The number of amides is 1. The van der Waals surface area contributed by atoms with Crippen LogP contribution in [0.1, 0.15) is 17.0 Å². The van der Waals surface area contributed by atoms with Crippen molar-refractivity contribution in [3.63, 3.8) is 0 Å². The first-order valence-electron chi connectivity index (χ1n) is 6.62. The number of anilines is 1. The van der Waals surface area contributed by atoms with Crippen molar-refractivity contribution in [3.05, 3.63) is 57.4 Å². The molecule has 0 radical (unpaired) electrons. The van der Waals surface area contributed by atoms with E-state index in [0.717, 1.165) is 11.4 Å². The lowest BCUT2D eigenvalue weighted by molar-refractivity contribution is -0.384. The van der Waals surface area contributed by atoms with Crippen molar-refractivity contribution in [1.29, 1.82) is 0 Å². The molecule has 2 aromatic rings. The number of carbonyl (C=O) groups is 1. The molecule has 0 saturated carbocycles. The number of carbonyl (C=O) groups excluding carboxylic acids is 1. The summed E-state index contributed by atoms with van der Waals surface area (Å²) in [5, 5.41) is 17.7. The van der Waals surface area contributed by atoms with Crippen LogP contribution in [0, 0.1) is 24.0 Å². The zero-order chi connectivity index (χ0) is 16.3. The fourth-order valence-corrected chi connectivity index (χ4v) is 2.03. The minimum absolute atomic E-state index is 0.0125. The fraction of sp³-hybridized carbons (Fsp3) is 0.200. The predicted octanol–water partition coefficient (Wildman–Crippen LogP) is 2.60. The van der Waals surface area contributed by atoms with Crippen LogP contribution in [0.2, 0.25) is 0 Å². The van der Waals surface area contributed by atoms with Gasteiger partial charge in [-0.1, -0.05) is 12.1 Å². The Labute approximate surface area is 127 Å². The molecule has 0 aliphatic carbocycles. The van der Waals surface area contributed by atoms with Crippen LogP contribution in [-0.2, 0) is 11.8 Å². The maximum Gasteiger partial charge on any atom is 0.270 e. The van der Waals surface area contributed by atoms with E-state index in [4.69, 9.17) is 0 Å². The van der Waals surface area contributed by atoms with E-state index in [1.165, 1.54) is 24.3 Å². The third-order valence-corrected chi connectivity index (χ3v) is 3.27. The summed E-state index contributed by atoms with van der Waals surface area (Å²) in [7, 11) is 1.80. The second-order valence-electron chi connectivity index (χ2n) is 4.84. The van der Waals surface area contributed by atoms with Crippen molar-refractivity contribution in [2.45, 2.75) is 13.8 Å². The number of rotatable bonds is 4. The summed E-state index contributed by atoms with van der Waals surface area (Å²) in [6.07, 6.45) is 2.87. The van der Waals surface area contributed by atoms with Crippen molar-refractivity contribution >= 4 is 23.4 Å². The van der Waals surface area contributed by atoms with E-state index in [1.54, 1.807) is 23.9 Å². The molecular formula is C15H16N4O3. The maximum absolute atomic E-state index is 11.9. The molecule has 0 spiro atoms. The Morgan fingerprint density at radius 2 is 2.14 bits per heavy atom. The van der Waals surface area contributed by atoms with Crippen LogP contribution in [0.5, 0.6) is 0 Å². The standard InChI is InChI=1S/C15H16N4O3/c1-10-15(11(2)18(3)17-10)16-14(20)8-7-12-5-4-6-13(9-12)19(21)22/h4-9H,1-3H3,(H,16,20)/b8-7+. The Balaban J connectivity index is 2.12. The number of hydrogen-bond donors (Lipinski definition) is 1. The topological polar surface area (TPSA) is 90.1 Å². The molecule has 0 unspecified atom stereocenters. The second-order valence-corrected chi connectivity index (χ2v) is 4.84. The van der Waals surface area contributed by atoms with Gasteiger partial charge in [-0.3, -0.25) is 19.6 Å². The highest BCUT2D eigenvalue weighted by molar-refractivity contribution is 6.02. The first-order chi connectivity index (χ1) is 10.4. The molecule has 0 aliphatic rings. The quantitative estimate of drug-likeness (QED) is 0.534. The van der Waals surface area contributed by atoms with Crippen LogP contribution in [-0.4, -0.2) is 20.6 Å². The molecule has 114 valence electrons. The highest BCUT2D eigenvalue weighted by atomic mass is 16.6. The summed E-state index contributed by atoms with van der Waals surface area (Å²) in [6.45, 7) is 3.67. The van der Waals surface area contributed by atoms with Crippen LogP contribution >= 0.6 is 0 Å². The molecule has 0 atom stereocenters. The Kier molecular flexibility index (Phi) is 4.36. The largest absolute Gasteiger partial charge is 0.319 e. The number of aryl methyl sites for hydroxylation is 2. The first-order valence-corrected chi connectivity index (χ1v) is 6.62. The predicted molar refractivity (Wildman–Crippen MR) is 83.4 cm³/mol. The minimum atomic E-state index is -0.472. The van der Waals surface area contributed by atoms with Crippen molar-refractivity contribution in [3.8, 4) is 0 Å². The van der Waals surface area contributed by atoms with Crippen molar-refractivity contribution in [2.24, 2.45) is 7.05 Å². The molecule has 0 aliphatic heterocycles. The number of nitro benzene ring substituents is 1. The van der Waals surface area contributed by atoms with Crippen molar-refractivity contribution in [1.82, 2.24) is 9.78 Å². The Morgan fingerprint density at radius 3 is 2.73 bits per heavy atom. The normalized spacial score (nSPS) is 10.9. The molecule has 0 fully saturated rings. The number of nitrogens with one attached hydrogen (secondary N) is 1. The van der Waals surface area contributed by atoms with E-state index >= 15 is 0 Å². The highest BCUT2D eigenvalue weighted by Gasteiger charge is 2.11. The number of non-ortho nitro benzene ring substituents is 1. The molecule has 1 N–H and O–H groups in total. The molecule has 1 amide bonds. The third-order valence-electron chi connectivity index (χ3n) is 3.27. The van der Waals surface area contributed by atoms with Gasteiger partial charge in [0.05, 0.1) is 22.0 Å². The van der Waals surface area contributed by atoms with Crippen molar-refractivity contribution < 1.29 is 9.72 Å². The SMILES string of the molecule is Cc1nn(C)c(C)c1NC(=O)/C=C/c1cccc([N+](=O)[O-])c1. The summed E-state index contributed by atoms with van der Waals surface area (Å²) in [4.78, 5) is 22.2. The average molecular weight is 300 g/mol. The molecule has 0 bridgehead atoms. The van der Waals surface area contributed by atoms with E-state index in [-0.39, 0.29) is 11.6 Å². The van der Waals surface area contributed by atoms with Gasteiger partial charge in [-0.2, -0.15) is 5.10 Å². The number of hydrogen-bond acceptors (Lipinski definition) is 4. The second kappa shape index (κ2) is 6.21. The smallest absolute Gasteiger partial charge is 0.270 e. The maximum atomic E-state index is 11.9. The van der Waals surface area contributed by atoms with Gasteiger partial charge in [-0.05, 0) is 25.5 Å². The molecule has 1 heterocycles. The van der Waals surface area contributed by atoms with Gasteiger partial charge < -0.3 is 5.32 Å².